The molecule has 1 saturated heterocycles. The van der Waals surface area contributed by atoms with Gasteiger partial charge in [0.15, 0.2) is 5.54 Å². The first-order valence-corrected chi connectivity index (χ1v) is 24.2. The Hall–Kier alpha value is -5.22. The van der Waals surface area contributed by atoms with E-state index in [2.05, 4.69) is 54.3 Å². The number of hydrazine groups is 1. The molecule has 3 amide bonds. The number of aliphatic hydroxyl groups excluding tert-OH is 1. The Balaban J connectivity index is 1.26. The Kier molecular flexibility index (Phi) is 13.5. The minimum absolute atomic E-state index is 0.00711. The van der Waals surface area contributed by atoms with Crippen LogP contribution in [0.25, 0.3) is 33.3 Å². The summed E-state index contributed by atoms with van der Waals surface area (Å²) in [5, 5.41) is 29.3. The zero-order chi connectivity index (χ0) is 47.2. The van der Waals surface area contributed by atoms with Gasteiger partial charge in [-0.2, -0.15) is 0 Å². The molecule has 8 rings (SSSR count). The highest BCUT2D eigenvalue weighted by atomic mass is 32.2. The first-order chi connectivity index (χ1) is 31.5. The highest BCUT2D eigenvalue weighted by Crippen LogP contribution is 2.48. The molecule has 1 aliphatic carbocycles. The monoisotopic (exact) mass is 920 g/mol. The molecule has 5 heterocycles. The highest BCUT2D eigenvalue weighted by Gasteiger charge is 2.52. The van der Waals surface area contributed by atoms with E-state index in [0.717, 1.165) is 55.9 Å². The zero-order valence-electron chi connectivity index (χ0n) is 39.3. The quantitative estimate of drug-likeness (QED) is 0.120. The molecule has 14 nitrogen and oxygen atoms in total. The molecule has 352 valence electrons. The molecule has 0 unspecified atom stereocenters. The van der Waals surface area contributed by atoms with Crippen molar-refractivity contribution in [2.45, 2.75) is 123 Å². The van der Waals surface area contributed by atoms with Crippen LogP contribution in [0, 0.1) is 17.3 Å². The van der Waals surface area contributed by atoms with Crippen LogP contribution in [0.1, 0.15) is 96.6 Å². The molecule has 2 aromatic heterocycles. The van der Waals surface area contributed by atoms with Gasteiger partial charge in [0.1, 0.15) is 17.8 Å². The van der Waals surface area contributed by atoms with E-state index in [4.69, 9.17) is 14.5 Å². The lowest BCUT2D eigenvalue weighted by Crippen LogP contribution is -2.67. The molecule has 4 aliphatic rings. The van der Waals surface area contributed by atoms with Crippen molar-refractivity contribution < 1.29 is 38.9 Å². The highest BCUT2D eigenvalue weighted by molar-refractivity contribution is 8.12. The molecule has 3 aliphatic heterocycles. The van der Waals surface area contributed by atoms with Gasteiger partial charge in [-0.15, -0.1) is 0 Å². The number of aromatic nitrogens is 2. The topological polar surface area (TPSA) is 176 Å². The number of aromatic hydroxyl groups is 1. The van der Waals surface area contributed by atoms with Gasteiger partial charge in [-0.3, -0.25) is 24.4 Å². The van der Waals surface area contributed by atoms with Crippen LogP contribution in [0.15, 0.2) is 65.0 Å². The molecule has 15 heteroatoms. The van der Waals surface area contributed by atoms with Crippen molar-refractivity contribution in [3.63, 3.8) is 0 Å². The van der Waals surface area contributed by atoms with Gasteiger partial charge >= 0.3 is 5.97 Å². The Bertz CT molecular complexity index is 2570. The van der Waals surface area contributed by atoms with Gasteiger partial charge < -0.3 is 34.5 Å². The fourth-order valence-corrected chi connectivity index (χ4v) is 11.1. The smallest absolute Gasteiger partial charge is 0.333 e. The Labute approximate surface area is 391 Å². The molecule has 2 aromatic carbocycles. The standard InChI is InChI=1S/C51H64N6O8S/c1-9-56-40-17-16-32-25-37(40)38(45(56)36-14-11-19-52-43(36)30(4)64-8)26-50(5,6)28-65-49(63)51(42-27-66-42)18-12-20-57(54-51)48(62)39(23-31-21-33(32)24-34(58)22-31)53-46(60)44(29(2)3)55(7)47(61)35-13-10-15-41(35)59/h11,14,16-17,19,21-22,24-25,27,29-30,35,39,41,44,54,58-59H,9-10,12-13,15,18,20,23,26,28H2,1-8H3,(H,53,60)/t30-,35+,39-,41+,44-,51-/m0/s1. The number of esters is 1. The number of nitrogens with one attached hydrogen (secondary N) is 2. The molecule has 2 fully saturated rings. The van der Waals surface area contributed by atoms with E-state index in [1.54, 1.807) is 32.5 Å². The summed E-state index contributed by atoms with van der Waals surface area (Å²) >= 11 is 1.43. The van der Waals surface area contributed by atoms with Crippen LogP contribution in [0.3, 0.4) is 0 Å². The van der Waals surface area contributed by atoms with Gasteiger partial charge in [-0.05, 0) is 122 Å². The van der Waals surface area contributed by atoms with Crippen molar-refractivity contribution in [1.29, 1.82) is 0 Å². The average Bonchev–Trinajstić information content (AvgIpc) is 4.01. The lowest BCUT2D eigenvalue weighted by molar-refractivity contribution is -0.160. The molecule has 1 saturated carbocycles. The Morgan fingerprint density at radius 1 is 1.09 bits per heavy atom. The number of fused-ring (bicyclic) bond motifs is 6. The molecule has 6 atom stereocenters. The molecular formula is C51H64N6O8S. The number of hydrogen-bond donors (Lipinski definition) is 4. The number of phenols is 1. The lowest BCUT2D eigenvalue weighted by Gasteiger charge is -2.42. The number of ether oxygens (including phenoxy) is 2. The number of aliphatic hydroxyl groups is 1. The summed E-state index contributed by atoms with van der Waals surface area (Å²) in [7, 11) is 3.25. The molecule has 4 aromatic rings. The normalized spacial score (nSPS) is 24.1. The minimum atomic E-state index is -1.32. The van der Waals surface area contributed by atoms with E-state index in [1.165, 1.54) is 21.7 Å². The number of carbonyl (C=O) groups excluding carboxylic acids is 4. The summed E-state index contributed by atoms with van der Waals surface area (Å²) in [6, 6.07) is 13.4. The number of cyclic esters (lactones) is 1. The number of hydrogen-bond acceptors (Lipinski definition) is 11. The SMILES string of the molecule is CCn1c(-c2cccnc2[C@H](C)OC)c2c3cc(ccc31)-c1cc(O)cc(c1)C[C@H](NC(=O)[C@H](C(C)C)N(C)C(=O)[C@@H]1CCC[C@H]1O)C(=O)N1CCC[C@@](C3=CS3)(N1)C(=O)OCC(C)(C)C2. The molecule has 4 N–H and O–H groups in total. The molecule has 66 heavy (non-hydrogen) atoms. The second-order valence-electron chi connectivity index (χ2n) is 19.6. The number of phenolic OH excluding ortho intramolecular Hbond substituents is 1. The van der Waals surface area contributed by atoms with Crippen LogP contribution in [0.5, 0.6) is 5.75 Å². The van der Waals surface area contributed by atoms with Gasteiger partial charge in [0, 0.05) is 66.7 Å². The van der Waals surface area contributed by atoms with Crippen molar-refractivity contribution in [3.05, 3.63) is 81.9 Å². The number of carbonyl (C=O) groups is 4. The van der Waals surface area contributed by atoms with Gasteiger partial charge in [0.2, 0.25) is 11.8 Å². The van der Waals surface area contributed by atoms with Crippen LogP contribution in [0.2, 0.25) is 0 Å². The number of methoxy groups -OCH3 is 1. The van der Waals surface area contributed by atoms with Crippen molar-refractivity contribution in [1.82, 2.24) is 30.2 Å². The first kappa shape index (κ1) is 47.3. The maximum absolute atomic E-state index is 15.0. The molecule has 0 spiro atoms. The largest absolute Gasteiger partial charge is 0.508 e. The van der Waals surface area contributed by atoms with E-state index in [-0.39, 0.29) is 43.3 Å². The second kappa shape index (κ2) is 18.8. The van der Waals surface area contributed by atoms with Gasteiger partial charge in [-0.1, -0.05) is 51.6 Å². The maximum atomic E-state index is 15.0. The number of likely N-dealkylation sites (N-methyl/N-ethyl adjacent to an activating group) is 1. The number of thioether (sulfide) groups is 1. The van der Waals surface area contributed by atoms with Crippen LogP contribution in [-0.2, 0) is 48.0 Å². The van der Waals surface area contributed by atoms with Crippen molar-refractivity contribution in [2.75, 3.05) is 27.3 Å². The fraction of sp³-hybridized carbons (Fsp3) is 0.510. The average molecular weight is 921 g/mol. The number of amides is 3. The summed E-state index contributed by atoms with van der Waals surface area (Å²) in [6.45, 7) is 13.0. The lowest BCUT2D eigenvalue weighted by atomic mass is 9.83. The summed E-state index contributed by atoms with van der Waals surface area (Å²) in [5.74, 6) is -2.74. The first-order valence-electron chi connectivity index (χ1n) is 23.3. The molecular weight excluding hydrogens is 857 g/mol. The van der Waals surface area contributed by atoms with E-state index in [9.17, 15) is 29.4 Å². The van der Waals surface area contributed by atoms with Gasteiger partial charge in [-0.25, -0.2) is 10.2 Å². The number of benzene rings is 2. The molecule has 6 bridgehead atoms. The van der Waals surface area contributed by atoms with Crippen LogP contribution in [-0.4, -0.2) is 104 Å². The van der Waals surface area contributed by atoms with Crippen molar-refractivity contribution in [2.24, 2.45) is 17.3 Å². The number of nitrogens with zero attached hydrogens (tertiary/aromatic N) is 4. The summed E-state index contributed by atoms with van der Waals surface area (Å²) in [5.41, 5.74) is 8.39. The summed E-state index contributed by atoms with van der Waals surface area (Å²) in [6.07, 6.45) is 3.90. The number of pyridine rings is 1. The van der Waals surface area contributed by atoms with E-state index in [0.29, 0.717) is 44.2 Å². The second-order valence-corrected chi connectivity index (χ2v) is 20.6. The van der Waals surface area contributed by atoms with E-state index < -0.39 is 52.8 Å². The van der Waals surface area contributed by atoms with Crippen LogP contribution >= 0.6 is 11.8 Å². The van der Waals surface area contributed by atoms with Crippen molar-refractivity contribution in [3.8, 4) is 28.1 Å². The zero-order valence-corrected chi connectivity index (χ0v) is 40.2. The Morgan fingerprint density at radius 3 is 2.55 bits per heavy atom. The number of aryl methyl sites for hydroxylation is 1. The third-order valence-electron chi connectivity index (χ3n) is 13.9. The molecule has 0 radical (unpaired) electrons. The third kappa shape index (κ3) is 9.11. The number of rotatable bonds is 10. The summed E-state index contributed by atoms with van der Waals surface area (Å²) < 4.78 is 14.5. The minimum Gasteiger partial charge on any atom is -0.508 e. The Morgan fingerprint density at radius 2 is 1.86 bits per heavy atom. The summed E-state index contributed by atoms with van der Waals surface area (Å²) in [4.78, 5) is 64.9. The third-order valence-corrected chi connectivity index (χ3v) is 14.7. The fourth-order valence-electron chi connectivity index (χ4n) is 10.4. The predicted octanol–water partition coefficient (Wildman–Crippen LogP) is 7.05. The van der Waals surface area contributed by atoms with Crippen molar-refractivity contribution >= 4 is 46.4 Å². The van der Waals surface area contributed by atoms with Gasteiger partial charge in [0.05, 0.1) is 36.1 Å². The van der Waals surface area contributed by atoms with E-state index in [1.807, 2.05) is 44.4 Å². The van der Waals surface area contributed by atoms with E-state index >= 15 is 0 Å². The van der Waals surface area contributed by atoms with Gasteiger partial charge in [0.25, 0.3) is 5.91 Å². The van der Waals surface area contributed by atoms with Crippen LogP contribution < -0.4 is 10.7 Å². The van der Waals surface area contributed by atoms with Crippen LogP contribution in [0.4, 0.5) is 0 Å². The predicted molar refractivity (Wildman–Crippen MR) is 255 cm³/mol. The maximum Gasteiger partial charge on any atom is 0.333 e.